The molecular formula is C15H22N4O4S. The van der Waals surface area contributed by atoms with Crippen LogP contribution in [0.5, 0.6) is 0 Å². The first-order chi connectivity index (χ1) is 11.2. The van der Waals surface area contributed by atoms with E-state index < -0.39 is 15.9 Å². The van der Waals surface area contributed by atoms with Gasteiger partial charge in [-0.1, -0.05) is 6.07 Å². The molecule has 0 fully saturated rings. The Bertz CT molecular complexity index is 884. The molecule has 132 valence electrons. The van der Waals surface area contributed by atoms with Crippen molar-refractivity contribution in [1.82, 2.24) is 19.1 Å². The van der Waals surface area contributed by atoms with Crippen LogP contribution in [-0.2, 0) is 21.2 Å². The molecule has 0 bridgehead atoms. The number of hydrogen-bond donors (Lipinski definition) is 0. The lowest BCUT2D eigenvalue weighted by Gasteiger charge is -2.27. The second-order valence-electron chi connectivity index (χ2n) is 5.81. The number of aromatic nitrogens is 3. The number of carbonyl (C=O) groups is 1. The Balaban J connectivity index is 2.07. The van der Waals surface area contributed by atoms with Crippen LogP contribution in [0.1, 0.15) is 20.3 Å². The minimum absolute atomic E-state index is 0.0824. The predicted molar refractivity (Wildman–Crippen MR) is 90.6 cm³/mol. The van der Waals surface area contributed by atoms with Crippen LogP contribution < -0.4 is 5.69 Å². The minimum atomic E-state index is -3.17. The maximum absolute atomic E-state index is 12.4. The highest BCUT2D eigenvalue weighted by Gasteiger charge is 2.22. The summed E-state index contributed by atoms with van der Waals surface area (Å²) in [5.41, 5.74) is 0.221. The summed E-state index contributed by atoms with van der Waals surface area (Å²) in [6, 6.07) is 4.82. The molecule has 24 heavy (non-hydrogen) atoms. The molecule has 0 aliphatic rings. The van der Waals surface area contributed by atoms with Crippen molar-refractivity contribution in [1.29, 1.82) is 0 Å². The molecule has 0 aliphatic carbocycles. The average molecular weight is 354 g/mol. The highest BCUT2D eigenvalue weighted by Crippen LogP contribution is 2.06. The fraction of sp³-hybridized carbons (Fsp3) is 0.533. The number of hydrogen-bond acceptors (Lipinski definition) is 5. The number of rotatable bonds is 7. The van der Waals surface area contributed by atoms with E-state index in [1.807, 2.05) is 0 Å². The van der Waals surface area contributed by atoms with E-state index in [4.69, 9.17) is 0 Å². The Kier molecular flexibility index (Phi) is 5.43. The number of aryl methyl sites for hydroxylation is 1. The van der Waals surface area contributed by atoms with Crippen molar-refractivity contribution in [3.63, 3.8) is 0 Å². The maximum atomic E-state index is 12.4. The van der Waals surface area contributed by atoms with Crippen LogP contribution in [0.2, 0.25) is 0 Å². The summed E-state index contributed by atoms with van der Waals surface area (Å²) in [4.78, 5) is 26.1. The molecule has 1 unspecified atom stereocenters. The molecule has 1 atom stereocenters. The van der Waals surface area contributed by atoms with Gasteiger partial charge in [0.25, 0.3) is 0 Å². The molecule has 0 N–H and O–H groups in total. The first kappa shape index (κ1) is 18.2. The minimum Gasteiger partial charge on any atom is -0.339 e. The Morgan fingerprint density at radius 1 is 1.38 bits per heavy atom. The van der Waals surface area contributed by atoms with Crippen molar-refractivity contribution in [2.24, 2.45) is 0 Å². The van der Waals surface area contributed by atoms with E-state index >= 15 is 0 Å². The van der Waals surface area contributed by atoms with Gasteiger partial charge in [0.15, 0.2) is 5.65 Å². The SMILES string of the molecule is CCN(C(=O)CCn1nc2ccccn2c1=O)C(C)CS(C)(=O)=O. The van der Waals surface area contributed by atoms with Crippen LogP contribution in [0, 0.1) is 0 Å². The van der Waals surface area contributed by atoms with E-state index in [2.05, 4.69) is 5.10 Å². The maximum Gasteiger partial charge on any atom is 0.350 e. The van der Waals surface area contributed by atoms with E-state index in [1.54, 1.807) is 38.2 Å². The van der Waals surface area contributed by atoms with Gasteiger partial charge in [-0.2, -0.15) is 0 Å². The summed E-state index contributed by atoms with van der Waals surface area (Å²) in [6.45, 7) is 4.07. The van der Waals surface area contributed by atoms with Crippen LogP contribution in [0.4, 0.5) is 0 Å². The molecule has 0 aliphatic heterocycles. The molecule has 0 radical (unpaired) electrons. The summed E-state index contributed by atoms with van der Waals surface area (Å²) < 4.78 is 25.5. The fourth-order valence-corrected chi connectivity index (χ4v) is 3.78. The lowest BCUT2D eigenvalue weighted by atomic mass is 10.2. The van der Waals surface area contributed by atoms with E-state index in [-0.39, 0.29) is 30.3 Å². The lowest BCUT2D eigenvalue weighted by molar-refractivity contribution is -0.132. The normalized spacial score (nSPS) is 13.1. The molecule has 0 saturated heterocycles. The lowest BCUT2D eigenvalue weighted by Crippen LogP contribution is -2.42. The van der Waals surface area contributed by atoms with Crippen LogP contribution in [-0.4, -0.2) is 58.0 Å². The molecule has 0 spiro atoms. The van der Waals surface area contributed by atoms with E-state index in [1.165, 1.54) is 14.0 Å². The molecular weight excluding hydrogens is 332 g/mol. The zero-order valence-electron chi connectivity index (χ0n) is 14.0. The third-order valence-corrected chi connectivity index (χ3v) is 4.85. The van der Waals surface area contributed by atoms with Crippen molar-refractivity contribution in [2.75, 3.05) is 18.6 Å². The fourth-order valence-electron chi connectivity index (χ4n) is 2.72. The van der Waals surface area contributed by atoms with Gasteiger partial charge in [0, 0.05) is 31.5 Å². The molecule has 2 rings (SSSR count). The Hall–Kier alpha value is -2.16. The summed E-state index contributed by atoms with van der Waals surface area (Å²) in [6.07, 6.45) is 2.86. The van der Waals surface area contributed by atoms with Crippen molar-refractivity contribution in [3.8, 4) is 0 Å². The summed E-state index contributed by atoms with van der Waals surface area (Å²) in [5.74, 6) is -0.279. The smallest absolute Gasteiger partial charge is 0.339 e. The summed E-state index contributed by atoms with van der Waals surface area (Å²) in [5, 5.41) is 4.17. The van der Waals surface area contributed by atoms with Gasteiger partial charge in [0.1, 0.15) is 9.84 Å². The van der Waals surface area contributed by atoms with Crippen LogP contribution in [0.15, 0.2) is 29.2 Å². The molecule has 0 saturated carbocycles. The number of carbonyl (C=O) groups excluding carboxylic acids is 1. The predicted octanol–water partition coefficient (Wildman–Crippen LogP) is 0.168. The Labute approximate surface area is 140 Å². The molecule has 2 heterocycles. The van der Waals surface area contributed by atoms with Gasteiger partial charge in [0.2, 0.25) is 5.91 Å². The Morgan fingerprint density at radius 2 is 2.08 bits per heavy atom. The summed E-state index contributed by atoms with van der Waals surface area (Å²) in [7, 11) is -3.17. The van der Waals surface area contributed by atoms with Crippen LogP contribution in [0.25, 0.3) is 5.65 Å². The number of nitrogens with zero attached hydrogens (tertiary/aromatic N) is 4. The number of fused-ring (bicyclic) bond motifs is 1. The van der Waals surface area contributed by atoms with Crippen molar-refractivity contribution in [2.45, 2.75) is 32.9 Å². The number of amides is 1. The van der Waals surface area contributed by atoms with Gasteiger partial charge < -0.3 is 4.90 Å². The van der Waals surface area contributed by atoms with Crippen molar-refractivity contribution >= 4 is 21.4 Å². The molecule has 9 heteroatoms. The average Bonchev–Trinajstić information content (AvgIpc) is 2.81. The molecule has 2 aromatic rings. The second-order valence-corrected chi connectivity index (χ2v) is 7.99. The van der Waals surface area contributed by atoms with E-state index in [9.17, 15) is 18.0 Å². The second kappa shape index (κ2) is 7.16. The number of sulfone groups is 1. The first-order valence-corrected chi connectivity index (χ1v) is 9.80. The zero-order valence-corrected chi connectivity index (χ0v) is 14.9. The topological polar surface area (TPSA) is 93.8 Å². The van der Waals surface area contributed by atoms with Gasteiger partial charge in [-0.15, -0.1) is 5.10 Å². The van der Waals surface area contributed by atoms with Crippen molar-refractivity contribution < 1.29 is 13.2 Å². The molecule has 8 nitrogen and oxygen atoms in total. The zero-order chi connectivity index (χ0) is 17.9. The highest BCUT2D eigenvalue weighted by atomic mass is 32.2. The van der Waals surface area contributed by atoms with E-state index in [0.717, 1.165) is 6.26 Å². The summed E-state index contributed by atoms with van der Waals surface area (Å²) >= 11 is 0. The molecule has 1 amide bonds. The van der Waals surface area contributed by atoms with Gasteiger partial charge in [-0.25, -0.2) is 17.9 Å². The first-order valence-electron chi connectivity index (χ1n) is 7.74. The standard InChI is InChI=1S/C15H22N4O4S/c1-4-17(12(2)11-24(3,22)23)14(20)8-10-19-15(21)18-9-6-5-7-13(18)16-19/h5-7,9,12H,4,8,10-11H2,1-3H3. The van der Waals surface area contributed by atoms with Gasteiger partial charge in [-0.05, 0) is 26.0 Å². The highest BCUT2D eigenvalue weighted by molar-refractivity contribution is 7.90. The monoisotopic (exact) mass is 354 g/mol. The van der Waals surface area contributed by atoms with Crippen LogP contribution >= 0.6 is 0 Å². The Morgan fingerprint density at radius 3 is 2.67 bits per heavy atom. The third kappa shape index (κ3) is 4.22. The van der Waals surface area contributed by atoms with Crippen LogP contribution in [0.3, 0.4) is 0 Å². The van der Waals surface area contributed by atoms with Gasteiger partial charge in [0.05, 0.1) is 12.3 Å². The molecule has 0 aromatic carbocycles. The third-order valence-electron chi connectivity index (χ3n) is 3.76. The largest absolute Gasteiger partial charge is 0.350 e. The van der Waals surface area contributed by atoms with Crippen molar-refractivity contribution in [3.05, 3.63) is 34.9 Å². The van der Waals surface area contributed by atoms with Gasteiger partial charge >= 0.3 is 5.69 Å². The van der Waals surface area contributed by atoms with E-state index in [0.29, 0.717) is 12.2 Å². The number of pyridine rings is 1. The van der Waals surface area contributed by atoms with Gasteiger partial charge in [-0.3, -0.25) is 9.20 Å². The molecule has 2 aromatic heterocycles. The quantitative estimate of drug-likeness (QED) is 0.706.